The average Bonchev–Trinajstić information content (AvgIpc) is 3.62. The summed E-state index contributed by atoms with van der Waals surface area (Å²) in [6, 6.07) is 25.0. The van der Waals surface area contributed by atoms with E-state index in [9.17, 15) is 4.79 Å². The Hall–Kier alpha value is -3.63. The number of fused-ring (bicyclic) bond motifs is 3. The zero-order chi connectivity index (χ0) is 43.4. The fourth-order valence-electron chi connectivity index (χ4n) is 6.82. The number of hydrogen-bond donors (Lipinski definition) is 1. The summed E-state index contributed by atoms with van der Waals surface area (Å²) in [5.74, 6) is 0.917. The molecule has 0 radical (unpaired) electrons. The maximum absolute atomic E-state index is 12.3. The van der Waals surface area contributed by atoms with Gasteiger partial charge in [-0.1, -0.05) is 99.7 Å². The minimum Gasteiger partial charge on any atom is -0.491 e. The van der Waals surface area contributed by atoms with E-state index in [1.807, 2.05) is 36.4 Å². The van der Waals surface area contributed by atoms with Crippen molar-refractivity contribution in [1.29, 1.82) is 0 Å². The van der Waals surface area contributed by atoms with Crippen LogP contribution >= 0.6 is 0 Å². The molecule has 1 aliphatic carbocycles. The van der Waals surface area contributed by atoms with Crippen LogP contribution in [0.2, 0.25) is 0 Å². The summed E-state index contributed by atoms with van der Waals surface area (Å²) in [6.45, 7) is 12.1. The lowest BCUT2D eigenvalue weighted by Gasteiger charge is -2.14. The molecule has 0 unspecified atom stereocenters. The molecular formula is C49H73NO12. The molecule has 4 rings (SSSR count). The number of carbonyl (C=O) groups excluding carboxylic acids is 1. The molecule has 1 aliphatic rings. The fraction of sp³-hybridized carbons (Fsp3) is 0.612. The molecule has 1 N–H and O–H groups in total. The molecule has 346 valence electrons. The summed E-state index contributed by atoms with van der Waals surface area (Å²) in [6.07, 6.45) is 8.61. The summed E-state index contributed by atoms with van der Waals surface area (Å²) >= 11 is 0. The molecule has 0 aliphatic heterocycles. The highest BCUT2D eigenvalue weighted by Gasteiger charge is 2.29. The molecular weight excluding hydrogens is 795 g/mol. The maximum atomic E-state index is 12.3. The van der Waals surface area contributed by atoms with Gasteiger partial charge < -0.3 is 57.4 Å². The Labute approximate surface area is 370 Å². The molecule has 0 saturated heterocycles. The number of unbranched alkanes of at least 4 members (excludes halogenated alkanes) is 5. The molecule has 0 aromatic heterocycles. The van der Waals surface area contributed by atoms with Crippen molar-refractivity contribution in [3.05, 3.63) is 89.5 Å². The van der Waals surface area contributed by atoms with Gasteiger partial charge in [0.2, 0.25) is 0 Å². The van der Waals surface area contributed by atoms with Crippen LogP contribution in [0, 0.1) is 0 Å². The molecule has 0 heterocycles. The Kier molecular flexibility index (Phi) is 28.6. The number of benzene rings is 3. The molecule has 0 spiro atoms. The van der Waals surface area contributed by atoms with Gasteiger partial charge in [-0.15, -0.1) is 0 Å². The Morgan fingerprint density at radius 3 is 1.34 bits per heavy atom. The molecule has 0 atom stereocenters. The average molecular weight is 868 g/mol. The maximum Gasteiger partial charge on any atom is 0.407 e. The van der Waals surface area contributed by atoms with Crippen molar-refractivity contribution in [3.63, 3.8) is 0 Å². The smallest absolute Gasteiger partial charge is 0.407 e. The second kappa shape index (κ2) is 34.8. The van der Waals surface area contributed by atoms with Crippen LogP contribution in [0.3, 0.4) is 0 Å². The third-order valence-corrected chi connectivity index (χ3v) is 10.1. The van der Waals surface area contributed by atoms with Crippen molar-refractivity contribution in [2.75, 3.05) is 139 Å². The van der Waals surface area contributed by atoms with Crippen molar-refractivity contribution in [1.82, 2.24) is 5.32 Å². The van der Waals surface area contributed by atoms with Crippen molar-refractivity contribution in [2.45, 2.75) is 57.8 Å². The second-order valence-electron chi connectivity index (χ2n) is 14.8. The molecule has 0 bridgehead atoms. The predicted octanol–water partition coefficient (Wildman–Crippen LogP) is 7.66. The Morgan fingerprint density at radius 1 is 0.468 bits per heavy atom. The first-order valence-electron chi connectivity index (χ1n) is 22.8. The fourth-order valence-corrected chi connectivity index (χ4v) is 6.82. The SMILES string of the molecule is CCCCCCCCc1ccc(OCCOCCOCCOCCOCCOCCOCCOCCOCCOCCNC(=O)OCC2c3ccccc3-c3ccccc32)cc1. The van der Waals surface area contributed by atoms with Crippen LogP contribution < -0.4 is 10.1 Å². The topological polar surface area (TPSA) is 131 Å². The quantitative estimate of drug-likeness (QED) is 0.0564. The molecule has 62 heavy (non-hydrogen) atoms. The van der Waals surface area contributed by atoms with Crippen LogP contribution in [0.15, 0.2) is 72.8 Å². The van der Waals surface area contributed by atoms with Crippen molar-refractivity contribution in [3.8, 4) is 16.9 Å². The van der Waals surface area contributed by atoms with Crippen LogP contribution in [-0.4, -0.2) is 145 Å². The first-order chi connectivity index (χ1) is 30.8. The van der Waals surface area contributed by atoms with Crippen molar-refractivity contribution < 1.29 is 56.9 Å². The van der Waals surface area contributed by atoms with E-state index in [1.54, 1.807) is 0 Å². The third-order valence-electron chi connectivity index (χ3n) is 10.1. The molecule has 13 nitrogen and oxygen atoms in total. The van der Waals surface area contributed by atoms with Gasteiger partial charge in [0.25, 0.3) is 0 Å². The summed E-state index contributed by atoms with van der Waals surface area (Å²) in [5.41, 5.74) is 6.15. The third kappa shape index (κ3) is 22.6. The molecule has 3 aromatic carbocycles. The Bertz CT molecular complexity index is 1500. The minimum absolute atomic E-state index is 0.0364. The van der Waals surface area contributed by atoms with Gasteiger partial charge in [-0.05, 0) is 52.8 Å². The van der Waals surface area contributed by atoms with Crippen LogP contribution in [0.4, 0.5) is 4.79 Å². The van der Waals surface area contributed by atoms with Crippen LogP contribution in [-0.2, 0) is 53.8 Å². The van der Waals surface area contributed by atoms with Gasteiger partial charge in [0.05, 0.1) is 119 Å². The number of nitrogens with one attached hydrogen (secondary N) is 1. The Balaban J connectivity index is 0.782. The lowest BCUT2D eigenvalue weighted by atomic mass is 9.98. The highest BCUT2D eigenvalue weighted by atomic mass is 16.6. The van der Waals surface area contributed by atoms with Crippen molar-refractivity contribution >= 4 is 6.09 Å². The van der Waals surface area contributed by atoms with E-state index in [1.165, 1.54) is 66.3 Å². The van der Waals surface area contributed by atoms with E-state index in [2.05, 4.69) is 48.6 Å². The van der Waals surface area contributed by atoms with E-state index < -0.39 is 6.09 Å². The van der Waals surface area contributed by atoms with E-state index in [4.69, 9.17) is 52.1 Å². The summed E-state index contributed by atoms with van der Waals surface area (Å²) in [7, 11) is 0. The highest BCUT2D eigenvalue weighted by molar-refractivity contribution is 5.79. The number of aryl methyl sites for hydroxylation is 1. The first-order valence-corrected chi connectivity index (χ1v) is 22.8. The van der Waals surface area contributed by atoms with Gasteiger partial charge in [-0.3, -0.25) is 0 Å². The van der Waals surface area contributed by atoms with E-state index >= 15 is 0 Å². The normalized spacial score (nSPS) is 12.1. The highest BCUT2D eigenvalue weighted by Crippen LogP contribution is 2.44. The van der Waals surface area contributed by atoms with Crippen molar-refractivity contribution in [2.24, 2.45) is 0 Å². The van der Waals surface area contributed by atoms with Gasteiger partial charge in [0.1, 0.15) is 19.0 Å². The second-order valence-corrected chi connectivity index (χ2v) is 14.8. The number of alkyl carbamates (subject to hydrolysis) is 1. The lowest BCUT2D eigenvalue weighted by Crippen LogP contribution is -2.29. The zero-order valence-electron chi connectivity index (χ0n) is 37.2. The van der Waals surface area contributed by atoms with E-state index in [0.717, 1.165) is 12.2 Å². The largest absolute Gasteiger partial charge is 0.491 e. The molecule has 1 amide bonds. The summed E-state index contributed by atoms with van der Waals surface area (Å²) < 4.78 is 61.2. The van der Waals surface area contributed by atoms with Crippen LogP contribution in [0.5, 0.6) is 5.75 Å². The number of rotatable bonds is 40. The van der Waals surface area contributed by atoms with Crippen LogP contribution in [0.1, 0.15) is 68.1 Å². The zero-order valence-corrected chi connectivity index (χ0v) is 37.2. The molecule has 0 fully saturated rings. The minimum atomic E-state index is -0.451. The molecule has 3 aromatic rings. The van der Waals surface area contributed by atoms with Crippen LogP contribution in [0.25, 0.3) is 11.1 Å². The number of carbonyl (C=O) groups is 1. The standard InChI is InChI=1S/C49H73NO12/c1-2-3-4-5-6-7-12-42-17-19-43(20-18-42)61-40-39-60-38-37-59-36-35-58-34-33-57-32-31-56-30-29-55-28-27-54-26-25-53-24-23-52-22-21-50-49(51)62-41-48-46-15-10-8-13-44(46)45-14-9-11-16-47(45)48/h8-11,13-20,48H,2-7,12,21-41H2,1H3,(H,50,51). The van der Waals surface area contributed by atoms with Gasteiger partial charge in [-0.25, -0.2) is 4.79 Å². The lowest BCUT2D eigenvalue weighted by molar-refractivity contribution is -0.0253. The predicted molar refractivity (Wildman–Crippen MR) is 239 cm³/mol. The first kappa shape index (κ1) is 51.0. The van der Waals surface area contributed by atoms with E-state index in [-0.39, 0.29) is 12.5 Å². The van der Waals surface area contributed by atoms with Gasteiger partial charge in [0.15, 0.2) is 0 Å². The van der Waals surface area contributed by atoms with Gasteiger partial charge in [0, 0.05) is 12.5 Å². The van der Waals surface area contributed by atoms with E-state index in [0.29, 0.717) is 132 Å². The Morgan fingerprint density at radius 2 is 0.871 bits per heavy atom. The number of hydrogen-bond acceptors (Lipinski definition) is 12. The monoisotopic (exact) mass is 868 g/mol. The number of amides is 1. The van der Waals surface area contributed by atoms with Gasteiger partial charge >= 0.3 is 6.09 Å². The van der Waals surface area contributed by atoms with Gasteiger partial charge in [-0.2, -0.15) is 0 Å². The molecule has 0 saturated carbocycles. The summed E-state index contributed by atoms with van der Waals surface area (Å²) in [4.78, 5) is 12.3. The summed E-state index contributed by atoms with van der Waals surface area (Å²) in [5, 5.41) is 2.75. The number of ether oxygens (including phenoxy) is 11. The molecule has 13 heteroatoms.